The van der Waals surface area contributed by atoms with Gasteiger partial charge in [-0.1, -0.05) is 18.2 Å². The molecular weight excluding hydrogens is 292 g/mol. The fraction of sp³-hybridized carbons (Fsp3) is 0.235. The lowest BCUT2D eigenvalue weighted by Crippen LogP contribution is -2.41. The van der Waals surface area contributed by atoms with Crippen LogP contribution in [0.1, 0.15) is 24.4 Å². The summed E-state index contributed by atoms with van der Waals surface area (Å²) in [5, 5.41) is 4.42. The van der Waals surface area contributed by atoms with Crippen molar-refractivity contribution in [1.29, 1.82) is 0 Å². The third-order valence-electron chi connectivity index (χ3n) is 4.44. The topological polar surface area (TPSA) is 90.0 Å². The second-order valence-electron chi connectivity index (χ2n) is 5.92. The van der Waals surface area contributed by atoms with Crippen molar-refractivity contribution in [2.75, 3.05) is 5.73 Å². The SMILES string of the molecule is Cc1cc2c3ccccc3n(C3CCC(=O)NC3=O)c2nc1N. The van der Waals surface area contributed by atoms with E-state index in [0.717, 1.165) is 21.9 Å². The molecule has 1 unspecified atom stereocenters. The van der Waals surface area contributed by atoms with Crippen LogP contribution >= 0.6 is 0 Å². The van der Waals surface area contributed by atoms with E-state index in [4.69, 9.17) is 5.73 Å². The van der Waals surface area contributed by atoms with Gasteiger partial charge in [-0.3, -0.25) is 14.9 Å². The summed E-state index contributed by atoms with van der Waals surface area (Å²) in [4.78, 5) is 28.3. The maximum absolute atomic E-state index is 12.3. The summed E-state index contributed by atoms with van der Waals surface area (Å²) in [5.74, 6) is -0.0611. The van der Waals surface area contributed by atoms with Crippen molar-refractivity contribution in [1.82, 2.24) is 14.9 Å². The Hall–Kier alpha value is -2.89. The number of fused-ring (bicyclic) bond motifs is 3. The third kappa shape index (κ3) is 1.98. The van der Waals surface area contributed by atoms with E-state index >= 15 is 0 Å². The van der Waals surface area contributed by atoms with Crippen LogP contribution in [0, 0.1) is 6.92 Å². The van der Waals surface area contributed by atoms with Gasteiger partial charge in [0.25, 0.3) is 0 Å². The monoisotopic (exact) mass is 308 g/mol. The van der Waals surface area contributed by atoms with Crippen LogP contribution in [0.4, 0.5) is 5.82 Å². The van der Waals surface area contributed by atoms with Crippen molar-refractivity contribution < 1.29 is 9.59 Å². The Morgan fingerprint density at radius 2 is 2.04 bits per heavy atom. The van der Waals surface area contributed by atoms with Gasteiger partial charge in [0.2, 0.25) is 11.8 Å². The molecule has 0 spiro atoms. The van der Waals surface area contributed by atoms with E-state index < -0.39 is 6.04 Å². The molecule has 1 aliphatic rings. The Bertz CT molecular complexity index is 974. The number of rotatable bonds is 1. The number of nitrogens with zero attached hydrogens (tertiary/aromatic N) is 2. The molecule has 6 nitrogen and oxygen atoms in total. The fourth-order valence-corrected chi connectivity index (χ4v) is 3.27. The highest BCUT2D eigenvalue weighted by Crippen LogP contribution is 2.34. The van der Waals surface area contributed by atoms with Gasteiger partial charge in [0.05, 0.1) is 5.52 Å². The maximum Gasteiger partial charge on any atom is 0.249 e. The number of piperidine rings is 1. The van der Waals surface area contributed by atoms with Crippen molar-refractivity contribution in [3.63, 3.8) is 0 Å². The zero-order chi connectivity index (χ0) is 16.1. The van der Waals surface area contributed by atoms with Crippen LogP contribution in [0.3, 0.4) is 0 Å². The van der Waals surface area contributed by atoms with E-state index in [2.05, 4.69) is 10.3 Å². The van der Waals surface area contributed by atoms with Crippen LogP contribution in [-0.2, 0) is 9.59 Å². The quantitative estimate of drug-likeness (QED) is 0.673. The van der Waals surface area contributed by atoms with E-state index in [1.54, 1.807) is 0 Å². The normalized spacial score (nSPS) is 18.6. The van der Waals surface area contributed by atoms with Gasteiger partial charge in [-0.15, -0.1) is 0 Å². The van der Waals surface area contributed by atoms with E-state index in [0.29, 0.717) is 24.3 Å². The van der Waals surface area contributed by atoms with Gasteiger partial charge in [0, 0.05) is 17.2 Å². The molecule has 1 fully saturated rings. The summed E-state index contributed by atoms with van der Waals surface area (Å²) < 4.78 is 1.90. The average Bonchev–Trinajstić information content (AvgIpc) is 2.82. The molecular formula is C17H16N4O2. The molecule has 0 saturated carbocycles. The van der Waals surface area contributed by atoms with Crippen molar-refractivity contribution in [3.05, 3.63) is 35.9 Å². The molecule has 3 N–H and O–H groups in total. The molecule has 3 heterocycles. The van der Waals surface area contributed by atoms with E-state index in [9.17, 15) is 9.59 Å². The molecule has 0 bridgehead atoms. The average molecular weight is 308 g/mol. The van der Waals surface area contributed by atoms with E-state index in [-0.39, 0.29) is 11.8 Å². The highest BCUT2D eigenvalue weighted by atomic mass is 16.2. The molecule has 3 aromatic rings. The standard InChI is InChI=1S/C17H16N4O2/c1-9-8-11-10-4-2-3-5-12(10)21(16(11)20-15(9)18)13-6-7-14(22)19-17(13)23/h2-5,8,13H,6-7H2,1H3,(H2,18,20)(H,19,22,23). The summed E-state index contributed by atoms with van der Waals surface area (Å²) in [6.45, 7) is 1.92. The number of hydrogen-bond donors (Lipinski definition) is 2. The molecule has 116 valence electrons. The van der Waals surface area contributed by atoms with Gasteiger partial charge in [-0.05, 0) is 31.0 Å². The van der Waals surface area contributed by atoms with E-state index in [1.807, 2.05) is 41.8 Å². The lowest BCUT2D eigenvalue weighted by Gasteiger charge is -2.23. The number of benzene rings is 1. The number of aryl methyl sites for hydroxylation is 1. The van der Waals surface area contributed by atoms with Gasteiger partial charge < -0.3 is 10.3 Å². The van der Waals surface area contributed by atoms with Crippen LogP contribution in [0.25, 0.3) is 21.9 Å². The molecule has 23 heavy (non-hydrogen) atoms. The van der Waals surface area contributed by atoms with Gasteiger partial charge >= 0.3 is 0 Å². The van der Waals surface area contributed by atoms with Crippen molar-refractivity contribution in [3.8, 4) is 0 Å². The highest BCUT2D eigenvalue weighted by Gasteiger charge is 2.30. The highest BCUT2D eigenvalue weighted by molar-refractivity contribution is 6.09. The number of carbonyl (C=O) groups is 2. The molecule has 4 rings (SSSR count). The second kappa shape index (κ2) is 4.81. The van der Waals surface area contributed by atoms with Crippen LogP contribution in [0.5, 0.6) is 0 Å². The first kappa shape index (κ1) is 13.8. The summed E-state index contributed by atoms with van der Waals surface area (Å²) in [7, 11) is 0. The minimum Gasteiger partial charge on any atom is -0.383 e. The number of nitrogens with one attached hydrogen (secondary N) is 1. The number of hydrogen-bond acceptors (Lipinski definition) is 4. The van der Waals surface area contributed by atoms with Gasteiger partial charge in [0.15, 0.2) is 0 Å². The Morgan fingerprint density at radius 1 is 1.26 bits per heavy atom. The lowest BCUT2D eigenvalue weighted by molar-refractivity contribution is -0.135. The first-order valence-electron chi connectivity index (χ1n) is 7.55. The number of anilines is 1. The number of para-hydroxylation sites is 1. The molecule has 0 aliphatic carbocycles. The molecule has 2 aromatic heterocycles. The minimum atomic E-state index is -0.454. The molecule has 1 aromatic carbocycles. The predicted octanol–water partition coefficient (Wildman–Crippen LogP) is 2.06. The summed E-state index contributed by atoms with van der Waals surface area (Å²) in [6.07, 6.45) is 0.791. The molecule has 1 saturated heterocycles. The van der Waals surface area contributed by atoms with Crippen molar-refractivity contribution in [2.24, 2.45) is 0 Å². The number of nitrogen functional groups attached to an aromatic ring is 1. The molecule has 1 aliphatic heterocycles. The fourth-order valence-electron chi connectivity index (χ4n) is 3.27. The largest absolute Gasteiger partial charge is 0.383 e. The Morgan fingerprint density at radius 3 is 2.83 bits per heavy atom. The zero-order valence-corrected chi connectivity index (χ0v) is 12.7. The first-order valence-corrected chi connectivity index (χ1v) is 7.55. The summed E-state index contributed by atoms with van der Waals surface area (Å²) in [6, 6.07) is 9.42. The lowest BCUT2D eigenvalue weighted by atomic mass is 10.1. The smallest absolute Gasteiger partial charge is 0.249 e. The van der Waals surface area contributed by atoms with Crippen LogP contribution < -0.4 is 11.1 Å². The van der Waals surface area contributed by atoms with Crippen molar-refractivity contribution >= 4 is 39.6 Å². The number of aromatic nitrogens is 2. The number of carbonyl (C=O) groups excluding carboxylic acids is 2. The number of pyridine rings is 1. The van der Waals surface area contributed by atoms with Crippen LogP contribution in [-0.4, -0.2) is 21.4 Å². The van der Waals surface area contributed by atoms with Crippen LogP contribution in [0.2, 0.25) is 0 Å². The maximum atomic E-state index is 12.3. The molecule has 6 heteroatoms. The van der Waals surface area contributed by atoms with Crippen molar-refractivity contribution in [2.45, 2.75) is 25.8 Å². The third-order valence-corrected chi connectivity index (χ3v) is 4.44. The van der Waals surface area contributed by atoms with Gasteiger partial charge in [-0.25, -0.2) is 4.98 Å². The molecule has 0 radical (unpaired) electrons. The Kier molecular flexibility index (Phi) is 2.87. The van der Waals surface area contributed by atoms with Crippen LogP contribution in [0.15, 0.2) is 30.3 Å². The Labute approximate surface area is 132 Å². The second-order valence-corrected chi connectivity index (χ2v) is 5.92. The zero-order valence-electron chi connectivity index (χ0n) is 12.7. The summed E-state index contributed by atoms with van der Waals surface area (Å²) >= 11 is 0. The minimum absolute atomic E-state index is 0.227. The number of amides is 2. The first-order chi connectivity index (χ1) is 11.1. The van der Waals surface area contributed by atoms with Gasteiger partial charge in [0.1, 0.15) is 17.5 Å². The van der Waals surface area contributed by atoms with E-state index in [1.165, 1.54) is 0 Å². The molecule has 1 atom stereocenters. The number of imide groups is 1. The predicted molar refractivity (Wildman–Crippen MR) is 87.8 cm³/mol. The Balaban J connectivity index is 2.05. The number of nitrogens with two attached hydrogens (primary N) is 1. The van der Waals surface area contributed by atoms with Gasteiger partial charge in [-0.2, -0.15) is 0 Å². The molecule has 2 amide bonds. The summed E-state index contributed by atoms with van der Waals surface area (Å²) in [5.41, 5.74) is 8.50.